The zero-order valence-electron chi connectivity index (χ0n) is 20.2. The highest BCUT2D eigenvalue weighted by molar-refractivity contribution is 6.48. The van der Waals surface area contributed by atoms with Crippen molar-refractivity contribution in [3.63, 3.8) is 0 Å². The van der Waals surface area contributed by atoms with Crippen molar-refractivity contribution >= 4 is 21.1 Å². The van der Waals surface area contributed by atoms with Crippen molar-refractivity contribution in [1.82, 2.24) is 5.32 Å². The van der Waals surface area contributed by atoms with E-state index in [4.69, 9.17) is 9.16 Å². The second kappa shape index (κ2) is 9.33. The van der Waals surface area contributed by atoms with Gasteiger partial charge in [-0.15, -0.1) is 0 Å². The van der Waals surface area contributed by atoms with Crippen LogP contribution in [0, 0.1) is 17.3 Å². The molecule has 174 valence electrons. The van der Waals surface area contributed by atoms with Crippen LogP contribution in [0.3, 0.4) is 0 Å². The molecule has 1 aromatic carbocycles. The topological polar surface area (TPSA) is 84.9 Å². The molecular weight excluding hydrogens is 410 g/mol. The van der Waals surface area contributed by atoms with Gasteiger partial charge in [-0.1, -0.05) is 51.1 Å². The lowest BCUT2D eigenvalue weighted by molar-refractivity contribution is -0.141. The number of alkyl carbamates (subject to hydrolysis) is 1. The summed E-state index contributed by atoms with van der Waals surface area (Å²) >= 11 is 0. The van der Waals surface area contributed by atoms with Crippen LogP contribution in [0.25, 0.3) is 0 Å². The van der Waals surface area contributed by atoms with Crippen LogP contribution in [0.1, 0.15) is 53.5 Å². The minimum atomic E-state index is -1.61. The van der Waals surface area contributed by atoms with Gasteiger partial charge in [-0.2, -0.15) is 0 Å². The lowest BCUT2D eigenvalue weighted by Crippen LogP contribution is -2.65. The maximum Gasteiger partial charge on any atom is 0.407 e. The van der Waals surface area contributed by atoms with Crippen LogP contribution < -0.4 is 5.32 Å². The standard InChI is InChI=1S/C24H39NO5Si/c1-22(2,3)24(30-31(7)8,18-15-17(18)20(26)27)19(14-16-12-10-9-11-13-16)25-21(28)29-23(4,5)6/h9-13,17-19,31H,14-15H2,1-8H3,(H,25,28)(H,26,27). The lowest BCUT2D eigenvalue weighted by atomic mass is 9.67. The molecule has 4 atom stereocenters. The molecule has 1 amide bonds. The van der Waals surface area contributed by atoms with E-state index in [9.17, 15) is 14.7 Å². The SMILES string of the molecule is C[SiH](C)OC(C(Cc1ccccc1)NC(=O)OC(C)(C)C)(C1CC1C(=O)O)C(C)(C)C. The van der Waals surface area contributed by atoms with E-state index in [0.29, 0.717) is 12.8 Å². The number of carbonyl (C=O) groups is 2. The van der Waals surface area contributed by atoms with E-state index in [-0.39, 0.29) is 5.92 Å². The number of amides is 1. The van der Waals surface area contributed by atoms with Crippen molar-refractivity contribution in [3.05, 3.63) is 35.9 Å². The highest BCUT2D eigenvalue weighted by Crippen LogP contribution is 2.57. The van der Waals surface area contributed by atoms with Crippen LogP contribution in [0.4, 0.5) is 4.79 Å². The third-order valence-electron chi connectivity index (χ3n) is 5.75. The van der Waals surface area contributed by atoms with Crippen molar-refractivity contribution < 1.29 is 23.9 Å². The molecule has 1 aromatic rings. The first-order valence-electron chi connectivity index (χ1n) is 11.1. The third-order valence-corrected chi connectivity index (χ3v) is 6.61. The van der Waals surface area contributed by atoms with Gasteiger partial charge in [0.1, 0.15) is 5.60 Å². The van der Waals surface area contributed by atoms with Gasteiger partial charge in [0, 0.05) is 5.92 Å². The molecule has 0 aromatic heterocycles. The molecule has 7 heteroatoms. The average molecular weight is 450 g/mol. The fraction of sp³-hybridized carbons (Fsp3) is 0.667. The molecular formula is C24H39NO5Si. The molecule has 2 rings (SSSR count). The van der Waals surface area contributed by atoms with Crippen molar-refractivity contribution in [3.8, 4) is 0 Å². The summed E-state index contributed by atoms with van der Waals surface area (Å²) in [7, 11) is -1.61. The molecule has 0 heterocycles. The van der Waals surface area contributed by atoms with Gasteiger partial charge in [-0.25, -0.2) is 4.79 Å². The Balaban J connectivity index is 2.55. The number of hydrogen-bond donors (Lipinski definition) is 2. The Morgan fingerprint density at radius 1 is 1.13 bits per heavy atom. The molecule has 31 heavy (non-hydrogen) atoms. The van der Waals surface area contributed by atoms with Gasteiger partial charge in [0.25, 0.3) is 0 Å². The van der Waals surface area contributed by atoms with Crippen LogP contribution in [-0.4, -0.2) is 43.5 Å². The van der Waals surface area contributed by atoms with Gasteiger partial charge in [0.2, 0.25) is 0 Å². The number of aliphatic carboxylic acids is 1. The van der Waals surface area contributed by atoms with Gasteiger partial charge in [0.15, 0.2) is 9.04 Å². The Labute approximate surface area is 188 Å². The smallest absolute Gasteiger partial charge is 0.407 e. The Bertz CT molecular complexity index is 768. The fourth-order valence-corrected chi connectivity index (χ4v) is 6.10. The van der Waals surface area contributed by atoms with Gasteiger partial charge >= 0.3 is 12.1 Å². The molecule has 0 bridgehead atoms. The predicted octanol–water partition coefficient (Wildman–Crippen LogP) is 4.63. The quantitative estimate of drug-likeness (QED) is 0.565. The summed E-state index contributed by atoms with van der Waals surface area (Å²) < 4.78 is 12.4. The minimum absolute atomic E-state index is 0.177. The Hall–Kier alpha value is -1.86. The second-order valence-corrected chi connectivity index (χ2v) is 13.2. The summed E-state index contributed by atoms with van der Waals surface area (Å²) in [4.78, 5) is 24.7. The van der Waals surface area contributed by atoms with Gasteiger partial charge < -0.3 is 19.6 Å². The molecule has 0 aliphatic heterocycles. The summed E-state index contributed by atoms with van der Waals surface area (Å²) in [5.41, 5.74) is -0.821. The van der Waals surface area contributed by atoms with E-state index in [1.54, 1.807) is 0 Å². The first-order valence-corrected chi connectivity index (χ1v) is 13.9. The maximum absolute atomic E-state index is 12.9. The zero-order valence-corrected chi connectivity index (χ0v) is 21.3. The van der Waals surface area contributed by atoms with Crippen LogP contribution in [0.2, 0.25) is 13.1 Å². The number of benzene rings is 1. The monoisotopic (exact) mass is 449 g/mol. The van der Waals surface area contributed by atoms with Crippen molar-refractivity contribution in [2.24, 2.45) is 17.3 Å². The molecule has 0 spiro atoms. The third kappa shape index (κ3) is 6.32. The van der Waals surface area contributed by atoms with Crippen LogP contribution in [-0.2, 0) is 20.4 Å². The number of ether oxygens (including phenoxy) is 1. The molecule has 4 unspecified atom stereocenters. The van der Waals surface area contributed by atoms with Crippen LogP contribution in [0.5, 0.6) is 0 Å². The molecule has 1 saturated carbocycles. The van der Waals surface area contributed by atoms with Gasteiger partial charge in [-0.3, -0.25) is 4.79 Å². The summed E-state index contributed by atoms with van der Waals surface area (Å²) in [6.45, 7) is 15.9. The first kappa shape index (κ1) is 25.4. The lowest BCUT2D eigenvalue weighted by Gasteiger charge is -2.52. The summed E-state index contributed by atoms with van der Waals surface area (Å²) in [6.07, 6.45) is 0.569. The number of hydrogen-bond acceptors (Lipinski definition) is 4. The molecule has 1 aliphatic carbocycles. The number of carbonyl (C=O) groups excluding carboxylic acids is 1. The second-order valence-electron chi connectivity index (χ2n) is 10.9. The molecule has 1 aliphatic rings. The number of rotatable bonds is 8. The van der Waals surface area contributed by atoms with E-state index in [1.807, 2.05) is 51.1 Å². The predicted molar refractivity (Wildman–Crippen MR) is 125 cm³/mol. The van der Waals surface area contributed by atoms with Crippen LogP contribution >= 0.6 is 0 Å². The Morgan fingerprint density at radius 3 is 2.13 bits per heavy atom. The number of carboxylic acid groups (broad SMARTS) is 1. The minimum Gasteiger partial charge on any atom is -0.481 e. The van der Waals surface area contributed by atoms with Crippen LogP contribution in [0.15, 0.2) is 30.3 Å². The summed E-state index contributed by atoms with van der Waals surface area (Å²) in [5, 5.41) is 12.8. The highest BCUT2D eigenvalue weighted by Gasteiger charge is 2.65. The van der Waals surface area contributed by atoms with E-state index < -0.39 is 49.7 Å². The Kier molecular flexibility index (Phi) is 7.64. The first-order chi connectivity index (χ1) is 14.2. The zero-order chi connectivity index (χ0) is 23.6. The maximum atomic E-state index is 12.9. The largest absolute Gasteiger partial charge is 0.481 e. The summed E-state index contributed by atoms with van der Waals surface area (Å²) in [5.74, 6) is -1.45. The van der Waals surface area contributed by atoms with Crippen molar-refractivity contribution in [2.45, 2.75) is 84.7 Å². The molecule has 0 saturated heterocycles. The normalized spacial score (nSPS) is 21.8. The number of nitrogens with one attached hydrogen (secondary N) is 1. The molecule has 6 nitrogen and oxygen atoms in total. The molecule has 0 radical (unpaired) electrons. The van der Waals surface area contributed by atoms with Gasteiger partial charge in [-0.05, 0) is 57.7 Å². The Morgan fingerprint density at radius 2 is 1.71 bits per heavy atom. The van der Waals surface area contributed by atoms with E-state index in [0.717, 1.165) is 5.56 Å². The van der Waals surface area contributed by atoms with Crippen molar-refractivity contribution in [2.75, 3.05) is 0 Å². The van der Waals surface area contributed by atoms with E-state index >= 15 is 0 Å². The molecule has 2 N–H and O–H groups in total. The van der Waals surface area contributed by atoms with Crippen molar-refractivity contribution in [1.29, 1.82) is 0 Å². The summed E-state index contributed by atoms with van der Waals surface area (Å²) in [6, 6.07) is 9.49. The highest BCUT2D eigenvalue weighted by atomic mass is 28.3. The van der Waals surface area contributed by atoms with Gasteiger partial charge in [0.05, 0.1) is 17.6 Å². The fourth-order valence-electron chi connectivity index (χ4n) is 4.62. The number of carboxylic acids is 1. The van der Waals surface area contributed by atoms with E-state index in [1.165, 1.54) is 0 Å². The van der Waals surface area contributed by atoms with E-state index in [2.05, 4.69) is 39.2 Å². The molecule has 1 fully saturated rings. The average Bonchev–Trinajstić information content (AvgIpc) is 3.38.